The molecular weight excluding hydrogens is 365 g/mol. The number of anilines is 1. The fourth-order valence-corrected chi connectivity index (χ4v) is 2.58. The van der Waals surface area contributed by atoms with E-state index in [0.29, 0.717) is 5.82 Å². The SMILES string of the molecule is CCCc1nc(-c2ccnc(C)n2)nc(NCC)c1I. The molecule has 0 spiro atoms. The molecule has 0 radical (unpaired) electrons. The van der Waals surface area contributed by atoms with Crippen LogP contribution in [0.25, 0.3) is 11.5 Å². The van der Waals surface area contributed by atoms with Crippen LogP contribution >= 0.6 is 22.6 Å². The topological polar surface area (TPSA) is 63.6 Å². The monoisotopic (exact) mass is 383 g/mol. The van der Waals surface area contributed by atoms with Gasteiger partial charge in [0.15, 0.2) is 5.82 Å². The molecule has 106 valence electrons. The van der Waals surface area contributed by atoms with Crippen molar-refractivity contribution in [2.45, 2.75) is 33.6 Å². The Morgan fingerprint density at radius 3 is 2.65 bits per heavy atom. The van der Waals surface area contributed by atoms with Crippen LogP contribution in [0.1, 0.15) is 31.8 Å². The molecule has 0 aromatic carbocycles. The van der Waals surface area contributed by atoms with Crippen LogP contribution < -0.4 is 5.32 Å². The Morgan fingerprint density at radius 1 is 1.20 bits per heavy atom. The van der Waals surface area contributed by atoms with Gasteiger partial charge in [0.25, 0.3) is 0 Å². The van der Waals surface area contributed by atoms with Crippen molar-refractivity contribution < 1.29 is 0 Å². The smallest absolute Gasteiger partial charge is 0.180 e. The number of hydrogen-bond donors (Lipinski definition) is 1. The number of halogens is 1. The lowest BCUT2D eigenvalue weighted by molar-refractivity contribution is 0.864. The van der Waals surface area contributed by atoms with Crippen molar-refractivity contribution in [1.29, 1.82) is 0 Å². The van der Waals surface area contributed by atoms with E-state index in [1.165, 1.54) is 0 Å². The molecule has 5 nitrogen and oxygen atoms in total. The van der Waals surface area contributed by atoms with Gasteiger partial charge in [-0.2, -0.15) is 0 Å². The van der Waals surface area contributed by atoms with E-state index in [-0.39, 0.29) is 0 Å². The summed E-state index contributed by atoms with van der Waals surface area (Å²) in [5, 5.41) is 3.30. The Bertz CT molecular complexity index is 573. The van der Waals surface area contributed by atoms with Crippen LogP contribution in [0.15, 0.2) is 12.3 Å². The van der Waals surface area contributed by atoms with E-state index in [0.717, 1.165) is 46.0 Å². The lowest BCUT2D eigenvalue weighted by Crippen LogP contribution is -2.08. The fraction of sp³-hybridized carbons (Fsp3) is 0.429. The number of nitrogens with zero attached hydrogens (tertiary/aromatic N) is 4. The van der Waals surface area contributed by atoms with Crippen molar-refractivity contribution in [2.24, 2.45) is 0 Å². The fourth-order valence-electron chi connectivity index (χ4n) is 1.88. The highest BCUT2D eigenvalue weighted by atomic mass is 127. The van der Waals surface area contributed by atoms with Crippen LogP contribution in [-0.4, -0.2) is 26.5 Å². The minimum absolute atomic E-state index is 0.662. The van der Waals surface area contributed by atoms with Crippen molar-refractivity contribution in [1.82, 2.24) is 19.9 Å². The van der Waals surface area contributed by atoms with E-state index in [1.807, 2.05) is 13.0 Å². The van der Waals surface area contributed by atoms with Crippen molar-refractivity contribution >= 4 is 28.4 Å². The summed E-state index contributed by atoms with van der Waals surface area (Å²) < 4.78 is 1.10. The van der Waals surface area contributed by atoms with Gasteiger partial charge in [-0.1, -0.05) is 13.3 Å². The number of nitrogens with one attached hydrogen (secondary N) is 1. The Labute approximate surface area is 132 Å². The Balaban J connectivity index is 2.52. The van der Waals surface area contributed by atoms with E-state index in [1.54, 1.807) is 6.20 Å². The van der Waals surface area contributed by atoms with Gasteiger partial charge in [0.1, 0.15) is 17.3 Å². The largest absolute Gasteiger partial charge is 0.369 e. The van der Waals surface area contributed by atoms with Crippen molar-refractivity contribution in [3.8, 4) is 11.5 Å². The maximum atomic E-state index is 4.67. The first kappa shape index (κ1) is 15.1. The van der Waals surface area contributed by atoms with Gasteiger partial charge >= 0.3 is 0 Å². The summed E-state index contributed by atoms with van der Waals surface area (Å²) in [6.45, 7) is 6.92. The average Bonchev–Trinajstić information content (AvgIpc) is 2.43. The molecule has 2 aromatic heterocycles. The molecule has 0 aliphatic carbocycles. The lowest BCUT2D eigenvalue weighted by atomic mass is 10.2. The third kappa shape index (κ3) is 3.41. The molecule has 0 atom stereocenters. The Kier molecular flexibility index (Phi) is 5.22. The second-order valence-electron chi connectivity index (χ2n) is 4.43. The second-order valence-corrected chi connectivity index (χ2v) is 5.50. The minimum Gasteiger partial charge on any atom is -0.369 e. The maximum absolute atomic E-state index is 4.67. The van der Waals surface area contributed by atoms with Crippen LogP contribution in [0.4, 0.5) is 5.82 Å². The zero-order valence-corrected chi connectivity index (χ0v) is 14.1. The summed E-state index contributed by atoms with van der Waals surface area (Å²) >= 11 is 2.31. The summed E-state index contributed by atoms with van der Waals surface area (Å²) in [6, 6.07) is 1.85. The summed E-state index contributed by atoms with van der Waals surface area (Å²) in [4.78, 5) is 17.8. The minimum atomic E-state index is 0.662. The molecule has 2 heterocycles. The molecule has 0 fully saturated rings. The first-order chi connectivity index (χ1) is 9.65. The molecule has 0 amide bonds. The van der Waals surface area contributed by atoms with Crippen LogP contribution in [-0.2, 0) is 6.42 Å². The van der Waals surface area contributed by atoms with Gasteiger partial charge in [-0.25, -0.2) is 19.9 Å². The standard InChI is InChI=1S/C14H18IN5/c1-4-6-10-12(15)14(16-5-2)20-13(19-10)11-7-8-17-9(3)18-11/h7-8H,4-6H2,1-3H3,(H,16,19,20). The van der Waals surface area contributed by atoms with E-state index in [4.69, 9.17) is 0 Å². The number of aromatic nitrogens is 4. The molecule has 0 bridgehead atoms. The predicted octanol–water partition coefficient (Wildman–Crippen LogP) is 3.23. The van der Waals surface area contributed by atoms with Crippen molar-refractivity contribution in [2.75, 3.05) is 11.9 Å². The molecule has 0 aliphatic rings. The molecule has 0 saturated heterocycles. The van der Waals surface area contributed by atoms with Gasteiger partial charge in [-0.15, -0.1) is 0 Å². The maximum Gasteiger partial charge on any atom is 0.180 e. The molecule has 0 aliphatic heterocycles. The van der Waals surface area contributed by atoms with Crippen LogP contribution in [0, 0.1) is 10.5 Å². The van der Waals surface area contributed by atoms with Crippen LogP contribution in [0.3, 0.4) is 0 Å². The Hall–Kier alpha value is -1.31. The first-order valence-electron chi connectivity index (χ1n) is 6.76. The summed E-state index contributed by atoms with van der Waals surface area (Å²) in [7, 11) is 0. The molecular formula is C14H18IN5. The molecule has 0 unspecified atom stereocenters. The molecule has 1 N–H and O–H groups in total. The van der Waals surface area contributed by atoms with Gasteiger partial charge < -0.3 is 5.32 Å². The van der Waals surface area contributed by atoms with Gasteiger partial charge in [0.2, 0.25) is 0 Å². The molecule has 6 heteroatoms. The van der Waals surface area contributed by atoms with E-state index in [9.17, 15) is 0 Å². The van der Waals surface area contributed by atoms with E-state index in [2.05, 4.69) is 61.7 Å². The first-order valence-corrected chi connectivity index (χ1v) is 7.83. The quantitative estimate of drug-likeness (QED) is 0.804. The predicted molar refractivity (Wildman–Crippen MR) is 88.7 cm³/mol. The van der Waals surface area contributed by atoms with Gasteiger partial charge in [-0.05, 0) is 48.9 Å². The zero-order valence-electron chi connectivity index (χ0n) is 11.9. The van der Waals surface area contributed by atoms with Gasteiger partial charge in [0.05, 0.1) is 9.26 Å². The summed E-state index contributed by atoms with van der Waals surface area (Å²) in [5.41, 5.74) is 1.84. The summed E-state index contributed by atoms with van der Waals surface area (Å²) in [5.74, 6) is 2.28. The molecule has 2 rings (SSSR count). The highest BCUT2D eigenvalue weighted by Crippen LogP contribution is 2.24. The molecule has 0 saturated carbocycles. The normalized spacial score (nSPS) is 10.6. The highest BCUT2D eigenvalue weighted by molar-refractivity contribution is 14.1. The van der Waals surface area contributed by atoms with Crippen molar-refractivity contribution in [3.63, 3.8) is 0 Å². The van der Waals surface area contributed by atoms with Gasteiger partial charge in [-0.3, -0.25) is 0 Å². The lowest BCUT2D eigenvalue weighted by Gasteiger charge is -2.11. The molecule has 20 heavy (non-hydrogen) atoms. The Morgan fingerprint density at radius 2 is 2.00 bits per heavy atom. The zero-order chi connectivity index (χ0) is 14.5. The third-order valence-electron chi connectivity index (χ3n) is 2.76. The van der Waals surface area contributed by atoms with Gasteiger partial charge in [0, 0.05) is 12.7 Å². The molecule has 2 aromatic rings. The number of rotatable bonds is 5. The van der Waals surface area contributed by atoms with E-state index < -0.39 is 0 Å². The van der Waals surface area contributed by atoms with E-state index >= 15 is 0 Å². The summed E-state index contributed by atoms with van der Waals surface area (Å²) in [6.07, 6.45) is 3.74. The number of aryl methyl sites for hydroxylation is 2. The number of hydrogen-bond acceptors (Lipinski definition) is 5. The second kappa shape index (κ2) is 6.92. The van der Waals surface area contributed by atoms with Crippen LogP contribution in [0.2, 0.25) is 0 Å². The average molecular weight is 383 g/mol. The van der Waals surface area contributed by atoms with Crippen LogP contribution in [0.5, 0.6) is 0 Å². The highest BCUT2D eigenvalue weighted by Gasteiger charge is 2.13. The van der Waals surface area contributed by atoms with Crippen molar-refractivity contribution in [3.05, 3.63) is 27.4 Å². The third-order valence-corrected chi connectivity index (χ3v) is 3.89.